The predicted octanol–water partition coefficient (Wildman–Crippen LogP) is -11.2. The summed E-state index contributed by atoms with van der Waals surface area (Å²) in [6, 6.07) is 0. The first-order chi connectivity index (χ1) is 9.99. The molecule has 0 rings (SSSR count). The molecule has 0 aliphatic carbocycles. The summed E-state index contributed by atoms with van der Waals surface area (Å²) < 4.78 is 0. The Labute approximate surface area is 163 Å². The summed E-state index contributed by atoms with van der Waals surface area (Å²) in [4.78, 5) is 22.6. The Kier molecular flexibility index (Phi) is 24.9. The van der Waals surface area contributed by atoms with E-state index in [9.17, 15) is 9.59 Å². The third-order valence-electron chi connectivity index (χ3n) is 3.69. The first kappa shape index (κ1) is 31.5. The van der Waals surface area contributed by atoms with Gasteiger partial charge in [-0.15, -0.1) is 0 Å². The van der Waals surface area contributed by atoms with Gasteiger partial charge >= 0.3 is 5.97 Å². The van der Waals surface area contributed by atoms with E-state index in [4.69, 9.17) is 5.11 Å². The van der Waals surface area contributed by atoms with Crippen LogP contribution in [0.25, 0.3) is 0 Å². The molecule has 11 N–H and O–H groups in total. The largest absolute Gasteiger partial charge is 1.00 e. The molecule has 0 bridgehead atoms. The fourth-order valence-corrected chi connectivity index (χ4v) is 2.53. The molecule has 0 aromatic rings. The van der Waals surface area contributed by atoms with Crippen molar-refractivity contribution in [1.29, 1.82) is 0 Å². The molecule has 0 atom stereocenters. The second kappa shape index (κ2) is 19.0. The van der Waals surface area contributed by atoms with Gasteiger partial charge in [0.05, 0.1) is 26.1 Å². The Morgan fingerprint density at radius 3 is 1.46 bits per heavy atom. The molecule has 0 aliphatic rings. The third-order valence-corrected chi connectivity index (χ3v) is 3.69. The molecular formula is C14H33Cl3N4O3. The van der Waals surface area contributed by atoms with Crippen LogP contribution in [0, 0.1) is 0 Å². The van der Waals surface area contributed by atoms with Crippen molar-refractivity contribution < 1.29 is 69.1 Å². The Morgan fingerprint density at radius 2 is 1.17 bits per heavy atom. The number of rotatable bonds is 13. The smallest absolute Gasteiger partial charge is 0.303 e. The molecule has 0 radical (unpaired) electrons. The van der Waals surface area contributed by atoms with Crippen LogP contribution in [0.3, 0.4) is 0 Å². The molecule has 10 heteroatoms. The van der Waals surface area contributed by atoms with E-state index < -0.39 is 5.97 Å². The van der Waals surface area contributed by atoms with Crippen molar-refractivity contribution >= 4 is 11.9 Å². The molecule has 0 heterocycles. The van der Waals surface area contributed by atoms with Crippen molar-refractivity contribution in [2.45, 2.75) is 56.9 Å². The highest BCUT2D eigenvalue weighted by Gasteiger charge is 2.30. The number of halogens is 3. The first-order valence-electron chi connectivity index (χ1n) is 7.90. The lowest BCUT2D eigenvalue weighted by Gasteiger charge is -2.35. The molecule has 7 nitrogen and oxygen atoms in total. The minimum atomic E-state index is -0.941. The summed E-state index contributed by atoms with van der Waals surface area (Å²) in [6.45, 7) is 2.50. The van der Waals surface area contributed by atoms with E-state index in [1.807, 2.05) is 0 Å². The van der Waals surface area contributed by atoms with E-state index in [1.165, 1.54) is 0 Å². The van der Waals surface area contributed by atoms with Crippen molar-refractivity contribution in [1.82, 2.24) is 5.32 Å². The number of aliphatic carboxylic acids is 1. The fourth-order valence-electron chi connectivity index (χ4n) is 2.53. The van der Waals surface area contributed by atoms with Crippen LogP contribution < -0.4 is 59.7 Å². The predicted molar refractivity (Wildman–Crippen MR) is 78.7 cm³/mol. The number of quaternary nitrogens is 3. The number of carbonyl (C=O) groups excluding carboxylic acids is 1. The molecule has 0 unspecified atom stereocenters. The van der Waals surface area contributed by atoms with Gasteiger partial charge in [-0.25, -0.2) is 0 Å². The Balaban J connectivity index is -0.000000667. The maximum atomic E-state index is 12.0. The van der Waals surface area contributed by atoms with Crippen molar-refractivity contribution in [3.05, 3.63) is 0 Å². The quantitative estimate of drug-likeness (QED) is 0.205. The molecule has 0 spiro atoms. The Bertz CT molecular complexity index is 302. The van der Waals surface area contributed by atoms with Crippen LogP contribution in [0.15, 0.2) is 0 Å². The zero-order valence-electron chi connectivity index (χ0n) is 14.3. The highest BCUT2D eigenvalue weighted by atomic mass is 35.5. The van der Waals surface area contributed by atoms with Crippen molar-refractivity contribution in [2.75, 3.05) is 19.6 Å². The van der Waals surface area contributed by atoms with E-state index >= 15 is 0 Å². The standard InChI is InChI=1S/C14H30N4O3.3ClH/c15-9-1-6-14(7-2-10-16,8-3-11-17)18-12(19)4-5-13(20)21;;;/h1-11,15-17H2,(H,18,19)(H,20,21);3*1H. The molecule has 0 fully saturated rings. The van der Waals surface area contributed by atoms with E-state index in [0.717, 1.165) is 58.2 Å². The van der Waals surface area contributed by atoms with E-state index in [2.05, 4.69) is 22.5 Å². The van der Waals surface area contributed by atoms with Crippen LogP contribution in [0.5, 0.6) is 0 Å². The molecule has 1 amide bonds. The summed E-state index contributed by atoms with van der Waals surface area (Å²) in [5, 5.41) is 11.8. The number of carbonyl (C=O) groups is 2. The number of hydrogen-bond donors (Lipinski definition) is 5. The maximum absolute atomic E-state index is 12.0. The summed E-state index contributed by atoms with van der Waals surface area (Å²) in [5.41, 5.74) is 11.4. The number of carboxylic acid groups (broad SMARTS) is 1. The summed E-state index contributed by atoms with van der Waals surface area (Å²) in [7, 11) is 0. The first-order valence-corrected chi connectivity index (χ1v) is 7.90. The monoisotopic (exact) mass is 410 g/mol. The van der Waals surface area contributed by atoms with Gasteiger partial charge in [-0.05, 0) is 38.5 Å². The maximum Gasteiger partial charge on any atom is 0.303 e. The summed E-state index contributed by atoms with van der Waals surface area (Å²) in [5.74, 6) is -1.11. The molecule has 0 aromatic carbocycles. The second-order valence-electron chi connectivity index (χ2n) is 5.59. The van der Waals surface area contributed by atoms with Crippen molar-refractivity contribution in [3.8, 4) is 0 Å². The average molecular weight is 412 g/mol. The van der Waals surface area contributed by atoms with Gasteiger partial charge < -0.3 is 64.8 Å². The molecule has 0 aromatic heterocycles. The van der Waals surface area contributed by atoms with Crippen molar-refractivity contribution in [3.63, 3.8) is 0 Å². The van der Waals surface area contributed by atoms with Gasteiger partial charge in [-0.2, -0.15) is 0 Å². The Morgan fingerprint density at radius 1 is 0.792 bits per heavy atom. The molecule has 0 saturated carbocycles. The highest BCUT2D eigenvalue weighted by molar-refractivity contribution is 5.81. The number of hydrogen-bond acceptors (Lipinski definition) is 2. The van der Waals surface area contributed by atoms with Crippen LogP contribution >= 0.6 is 0 Å². The lowest BCUT2D eigenvalue weighted by atomic mass is 9.83. The van der Waals surface area contributed by atoms with Crippen LogP contribution in [-0.2, 0) is 9.59 Å². The van der Waals surface area contributed by atoms with E-state index in [0.29, 0.717) is 0 Å². The number of carboxylic acids is 1. The van der Waals surface area contributed by atoms with Gasteiger partial charge in [0.25, 0.3) is 0 Å². The molecule has 0 saturated heterocycles. The van der Waals surface area contributed by atoms with Gasteiger partial charge in [-0.1, -0.05) is 0 Å². The molecule has 24 heavy (non-hydrogen) atoms. The SMILES string of the molecule is [Cl-].[Cl-].[Cl-].[NH3+]CCCC(CCC[NH3+])(CCC[NH3+])NC(=O)CCC(=O)O. The summed E-state index contributed by atoms with van der Waals surface area (Å²) in [6.07, 6.45) is 5.42. The number of nitrogens with one attached hydrogen (secondary N) is 1. The zero-order chi connectivity index (χ0) is 16.1. The third kappa shape index (κ3) is 15.2. The summed E-state index contributed by atoms with van der Waals surface area (Å²) >= 11 is 0. The molecule has 0 aliphatic heterocycles. The molecular weight excluding hydrogens is 379 g/mol. The average Bonchev–Trinajstić information content (AvgIpc) is 2.46. The lowest BCUT2D eigenvalue weighted by molar-refractivity contribution is -0.371. The van der Waals surface area contributed by atoms with Crippen LogP contribution in [-0.4, -0.2) is 42.2 Å². The normalized spacial score (nSPS) is 9.96. The van der Waals surface area contributed by atoms with Crippen LogP contribution in [0.1, 0.15) is 51.4 Å². The van der Waals surface area contributed by atoms with E-state index in [1.54, 1.807) is 0 Å². The molecule has 148 valence electrons. The van der Waals surface area contributed by atoms with Crippen LogP contribution in [0.4, 0.5) is 0 Å². The minimum absolute atomic E-state index is 0. The van der Waals surface area contributed by atoms with E-state index in [-0.39, 0.29) is 61.5 Å². The minimum Gasteiger partial charge on any atom is -1.00 e. The van der Waals surface area contributed by atoms with Gasteiger partial charge in [0, 0.05) is 12.0 Å². The van der Waals surface area contributed by atoms with Gasteiger partial charge in [0.15, 0.2) is 0 Å². The fraction of sp³-hybridized carbons (Fsp3) is 0.857. The lowest BCUT2D eigenvalue weighted by Crippen LogP contribution is -3.00. The van der Waals surface area contributed by atoms with Gasteiger partial charge in [0.1, 0.15) is 0 Å². The second-order valence-corrected chi connectivity index (χ2v) is 5.59. The topological polar surface area (TPSA) is 149 Å². The van der Waals surface area contributed by atoms with Gasteiger partial charge in [-0.3, -0.25) is 9.59 Å². The Hall–Kier alpha value is -0.310. The zero-order valence-corrected chi connectivity index (χ0v) is 16.6. The van der Waals surface area contributed by atoms with Crippen molar-refractivity contribution in [2.24, 2.45) is 0 Å². The van der Waals surface area contributed by atoms with Crippen LogP contribution in [0.2, 0.25) is 0 Å². The highest BCUT2D eigenvalue weighted by Crippen LogP contribution is 2.25. The number of amides is 1. The van der Waals surface area contributed by atoms with Gasteiger partial charge in [0.2, 0.25) is 5.91 Å².